The second-order valence-corrected chi connectivity index (χ2v) is 3.86. The van der Waals surface area contributed by atoms with Gasteiger partial charge >= 0.3 is 6.18 Å². The Bertz CT molecular complexity index is 719. The molecule has 0 atom stereocenters. The van der Waals surface area contributed by atoms with E-state index in [0.29, 0.717) is 11.3 Å². The van der Waals surface area contributed by atoms with Gasteiger partial charge in [-0.05, 0) is 24.3 Å². The third kappa shape index (κ3) is 2.03. The molecule has 0 amide bonds. The van der Waals surface area contributed by atoms with Crippen molar-refractivity contribution in [3.63, 3.8) is 0 Å². The molecule has 0 saturated heterocycles. The van der Waals surface area contributed by atoms with Crippen LogP contribution in [-0.4, -0.2) is 19.6 Å². The zero-order valence-corrected chi connectivity index (χ0v) is 9.46. The van der Waals surface area contributed by atoms with Gasteiger partial charge in [-0.3, -0.25) is 4.98 Å². The summed E-state index contributed by atoms with van der Waals surface area (Å²) in [5.74, 6) is -1.15. The first-order chi connectivity index (χ1) is 9.05. The smallest absolute Gasteiger partial charge is 0.264 e. The summed E-state index contributed by atoms with van der Waals surface area (Å²) < 4.78 is 39.0. The van der Waals surface area contributed by atoms with Crippen molar-refractivity contribution < 1.29 is 13.2 Å². The molecule has 0 fully saturated rings. The van der Waals surface area contributed by atoms with E-state index >= 15 is 0 Å². The lowest BCUT2D eigenvalue weighted by atomic mass is 10.2. The molecule has 4 nitrogen and oxygen atoms in total. The Morgan fingerprint density at radius 3 is 2.58 bits per heavy atom. The normalized spacial score (nSPS) is 11.9. The molecule has 0 radical (unpaired) electrons. The molecule has 0 spiro atoms. The Kier molecular flexibility index (Phi) is 2.48. The Hall–Kier alpha value is -2.44. The minimum Gasteiger partial charge on any atom is -0.264 e. The topological polar surface area (TPSA) is 43.1 Å². The first-order valence-corrected chi connectivity index (χ1v) is 5.39. The maximum atomic E-state index is 12.6. The zero-order valence-electron chi connectivity index (χ0n) is 9.46. The van der Waals surface area contributed by atoms with Crippen molar-refractivity contribution >= 4 is 5.65 Å². The second kappa shape index (κ2) is 4.04. The fourth-order valence-corrected chi connectivity index (χ4v) is 1.76. The van der Waals surface area contributed by atoms with Crippen molar-refractivity contribution in [2.45, 2.75) is 6.18 Å². The van der Waals surface area contributed by atoms with Gasteiger partial charge in [0.05, 0.1) is 5.69 Å². The molecule has 0 aliphatic rings. The van der Waals surface area contributed by atoms with E-state index in [1.54, 1.807) is 36.7 Å². The maximum absolute atomic E-state index is 12.6. The highest BCUT2D eigenvalue weighted by molar-refractivity contribution is 5.61. The SMILES string of the molecule is FC(F)(F)c1nc2cccc(-c3cccnc3)n2n1. The van der Waals surface area contributed by atoms with Crippen molar-refractivity contribution in [1.29, 1.82) is 0 Å². The first kappa shape index (κ1) is 11.6. The summed E-state index contributed by atoms with van der Waals surface area (Å²) in [4.78, 5) is 7.42. The summed E-state index contributed by atoms with van der Waals surface area (Å²) in [5, 5.41) is 3.51. The van der Waals surface area contributed by atoms with E-state index in [4.69, 9.17) is 0 Å². The Morgan fingerprint density at radius 2 is 1.89 bits per heavy atom. The lowest BCUT2D eigenvalue weighted by molar-refractivity contribution is -0.144. The fourth-order valence-electron chi connectivity index (χ4n) is 1.76. The molecule has 0 N–H and O–H groups in total. The number of aromatic nitrogens is 4. The lowest BCUT2D eigenvalue weighted by Gasteiger charge is -2.02. The molecule has 3 aromatic heterocycles. The molecule has 19 heavy (non-hydrogen) atoms. The van der Waals surface area contributed by atoms with Crippen LogP contribution >= 0.6 is 0 Å². The standard InChI is InChI=1S/C12H7F3N4/c13-12(14,15)11-17-10-5-1-4-9(19(10)18-11)8-3-2-6-16-7-8/h1-7H. The number of pyridine rings is 2. The second-order valence-electron chi connectivity index (χ2n) is 3.86. The first-order valence-electron chi connectivity index (χ1n) is 5.39. The molecule has 3 rings (SSSR count). The van der Waals surface area contributed by atoms with E-state index in [2.05, 4.69) is 15.1 Å². The van der Waals surface area contributed by atoms with Crippen molar-refractivity contribution in [3.8, 4) is 11.3 Å². The Balaban J connectivity index is 2.24. The van der Waals surface area contributed by atoms with E-state index < -0.39 is 12.0 Å². The number of hydrogen-bond acceptors (Lipinski definition) is 3. The molecule has 0 saturated carbocycles. The molecule has 7 heteroatoms. The highest BCUT2D eigenvalue weighted by Crippen LogP contribution is 2.28. The summed E-state index contributed by atoms with van der Waals surface area (Å²) in [7, 11) is 0. The number of alkyl halides is 3. The van der Waals surface area contributed by atoms with Crippen LogP contribution in [0.15, 0.2) is 42.7 Å². The summed E-state index contributed by atoms with van der Waals surface area (Å²) in [5.41, 5.74) is 1.33. The molecule has 3 heterocycles. The van der Waals surface area contributed by atoms with Crippen LogP contribution in [0.25, 0.3) is 16.9 Å². The van der Waals surface area contributed by atoms with Crippen molar-refractivity contribution in [2.24, 2.45) is 0 Å². The average molecular weight is 264 g/mol. The van der Waals surface area contributed by atoms with E-state index in [9.17, 15) is 13.2 Å². The molecular weight excluding hydrogens is 257 g/mol. The van der Waals surface area contributed by atoms with Gasteiger partial charge in [-0.2, -0.15) is 13.2 Å². The minimum atomic E-state index is -4.56. The predicted octanol–water partition coefficient (Wildman–Crippen LogP) is 2.81. The molecule has 0 aliphatic heterocycles. The van der Waals surface area contributed by atoms with Crippen molar-refractivity contribution in [1.82, 2.24) is 19.6 Å². The molecule has 0 bridgehead atoms. The van der Waals surface area contributed by atoms with Crippen LogP contribution in [-0.2, 0) is 6.18 Å². The number of nitrogens with zero attached hydrogens (tertiary/aromatic N) is 4. The quantitative estimate of drug-likeness (QED) is 0.678. The minimum absolute atomic E-state index is 0.147. The van der Waals surface area contributed by atoms with Gasteiger partial charge in [-0.1, -0.05) is 6.07 Å². The number of hydrogen-bond donors (Lipinski definition) is 0. The molecule has 3 aromatic rings. The Morgan fingerprint density at radius 1 is 1.05 bits per heavy atom. The predicted molar refractivity (Wildman–Crippen MR) is 61.2 cm³/mol. The van der Waals surface area contributed by atoms with Gasteiger partial charge in [0.25, 0.3) is 5.82 Å². The summed E-state index contributed by atoms with van der Waals surface area (Å²) >= 11 is 0. The molecule has 0 aliphatic carbocycles. The number of fused-ring (bicyclic) bond motifs is 1. The lowest BCUT2D eigenvalue weighted by Crippen LogP contribution is -2.07. The van der Waals surface area contributed by atoms with Crippen LogP contribution in [0.5, 0.6) is 0 Å². The van der Waals surface area contributed by atoms with E-state index in [-0.39, 0.29) is 5.65 Å². The molecule has 0 unspecified atom stereocenters. The third-order valence-corrected chi connectivity index (χ3v) is 2.57. The summed E-state index contributed by atoms with van der Waals surface area (Å²) in [6, 6.07) is 8.22. The average Bonchev–Trinajstić information content (AvgIpc) is 2.83. The van der Waals surface area contributed by atoms with Crippen molar-refractivity contribution in [3.05, 3.63) is 48.5 Å². The van der Waals surface area contributed by atoms with E-state index in [1.807, 2.05) is 0 Å². The van der Waals surface area contributed by atoms with Crippen LogP contribution < -0.4 is 0 Å². The third-order valence-electron chi connectivity index (χ3n) is 2.57. The summed E-state index contributed by atoms with van der Waals surface area (Å²) in [6.07, 6.45) is -1.41. The number of halogens is 3. The Labute approximate surface area is 105 Å². The van der Waals surface area contributed by atoms with E-state index in [0.717, 1.165) is 0 Å². The van der Waals surface area contributed by atoms with Gasteiger partial charge in [0.2, 0.25) is 0 Å². The van der Waals surface area contributed by atoms with Gasteiger partial charge in [0.15, 0.2) is 5.65 Å². The highest BCUT2D eigenvalue weighted by atomic mass is 19.4. The van der Waals surface area contributed by atoms with Gasteiger partial charge in [0.1, 0.15) is 0 Å². The van der Waals surface area contributed by atoms with Crippen LogP contribution in [0, 0.1) is 0 Å². The highest BCUT2D eigenvalue weighted by Gasteiger charge is 2.36. The number of rotatable bonds is 1. The summed E-state index contributed by atoms with van der Waals surface area (Å²) in [6.45, 7) is 0. The van der Waals surface area contributed by atoms with Gasteiger partial charge in [0, 0.05) is 18.0 Å². The van der Waals surface area contributed by atoms with Crippen LogP contribution in [0.4, 0.5) is 13.2 Å². The molecular formula is C12H7F3N4. The van der Waals surface area contributed by atoms with Crippen LogP contribution in [0.1, 0.15) is 5.82 Å². The fraction of sp³-hybridized carbons (Fsp3) is 0.0833. The van der Waals surface area contributed by atoms with Crippen molar-refractivity contribution in [2.75, 3.05) is 0 Å². The van der Waals surface area contributed by atoms with Gasteiger partial charge in [-0.15, -0.1) is 5.10 Å². The molecule has 0 aromatic carbocycles. The van der Waals surface area contributed by atoms with Crippen LogP contribution in [0.3, 0.4) is 0 Å². The maximum Gasteiger partial charge on any atom is 0.453 e. The van der Waals surface area contributed by atoms with Gasteiger partial charge < -0.3 is 0 Å². The van der Waals surface area contributed by atoms with E-state index in [1.165, 1.54) is 10.6 Å². The monoisotopic (exact) mass is 264 g/mol. The largest absolute Gasteiger partial charge is 0.453 e. The van der Waals surface area contributed by atoms with Gasteiger partial charge in [-0.25, -0.2) is 9.50 Å². The molecule has 96 valence electrons. The van der Waals surface area contributed by atoms with Crippen LogP contribution in [0.2, 0.25) is 0 Å². The zero-order chi connectivity index (χ0) is 13.5.